The highest BCUT2D eigenvalue weighted by atomic mass is 28.4. The number of imide groups is 2. The fourth-order valence-corrected chi connectivity index (χ4v) is 13.4. The fourth-order valence-electron chi connectivity index (χ4n) is 10.7. The molecule has 2 heterocycles. The van der Waals surface area contributed by atoms with Crippen LogP contribution in [0.3, 0.4) is 0 Å². The second-order valence-electron chi connectivity index (χ2n) is 28.7. The molecule has 4 amide bonds. The number of carbonyl (C=O) groups is 9. The summed E-state index contributed by atoms with van der Waals surface area (Å²) >= 11 is 0. The van der Waals surface area contributed by atoms with Gasteiger partial charge < -0.3 is 32.9 Å². The second-order valence-corrected chi connectivity index (χ2v) is 38.2. The molecule has 3 N–H and O–H groups in total. The number of carbonyl (C=O) groups excluding carboxylic acids is 8. The number of rotatable bonds is 42. The monoisotopic (exact) mass is 1390 g/mol. The van der Waals surface area contributed by atoms with E-state index < -0.39 is 58.6 Å². The molecule has 546 valence electrons. The molecule has 0 radical (unpaired) electrons. The first-order valence-electron chi connectivity index (χ1n) is 34.4. The van der Waals surface area contributed by atoms with E-state index in [-0.39, 0.29) is 113 Å². The number of aliphatic carboxylic acids is 1. The Balaban J connectivity index is 0.00000168. The van der Waals surface area contributed by atoms with Crippen LogP contribution in [-0.2, 0) is 71.0 Å². The number of nitrogens with one attached hydrogen (secondary N) is 2. The summed E-state index contributed by atoms with van der Waals surface area (Å²) in [5, 5.41) is 12.7. The molecule has 0 bridgehead atoms. The third kappa shape index (κ3) is 35.4. The minimum atomic E-state index is -2.19. The van der Waals surface area contributed by atoms with Gasteiger partial charge in [-0.2, -0.15) is 0 Å². The molecule has 10 atom stereocenters. The number of hydrogen-bond donors (Lipinski definition) is 3. The van der Waals surface area contributed by atoms with Crippen molar-refractivity contribution in [2.24, 2.45) is 35.5 Å². The number of hydrogen-bond acceptors (Lipinski definition) is 15. The lowest BCUT2D eigenvalue weighted by molar-refractivity contribution is -0.150. The van der Waals surface area contributed by atoms with Crippen LogP contribution in [0.1, 0.15) is 186 Å². The van der Waals surface area contributed by atoms with Gasteiger partial charge in [-0.1, -0.05) is 136 Å². The molecule has 0 aliphatic carbocycles. The smallest absolute Gasteiger partial charge is 0.331 e. The van der Waals surface area contributed by atoms with Gasteiger partial charge >= 0.3 is 17.9 Å². The molecule has 2 saturated heterocycles. The number of carboxylic acids is 1. The summed E-state index contributed by atoms with van der Waals surface area (Å²) < 4.78 is 37.1. The van der Waals surface area contributed by atoms with Gasteiger partial charge in [0.2, 0.25) is 23.6 Å². The highest BCUT2D eigenvalue weighted by molar-refractivity contribution is 6.74. The van der Waals surface area contributed by atoms with E-state index in [0.29, 0.717) is 64.2 Å². The van der Waals surface area contributed by atoms with E-state index in [0.717, 1.165) is 36.5 Å². The Morgan fingerprint density at radius 3 is 1.26 bits per heavy atom. The second kappa shape index (κ2) is 46.1. The van der Waals surface area contributed by atoms with Crippen LogP contribution in [0.2, 0.25) is 36.3 Å². The number of methoxy groups -OCH3 is 2. The normalized spacial score (nSPS) is 17.9. The van der Waals surface area contributed by atoms with Crippen molar-refractivity contribution in [1.29, 1.82) is 0 Å². The molecule has 0 unspecified atom stereocenters. The number of carboxylic acid groups (broad SMARTS) is 1. The van der Waals surface area contributed by atoms with Gasteiger partial charge in [-0.15, -0.1) is 32.9 Å². The molecule has 0 aromatic rings. The third-order valence-corrected chi connectivity index (χ3v) is 27.4. The van der Waals surface area contributed by atoms with Crippen molar-refractivity contribution < 1.29 is 76.1 Å². The number of Topliss-reactive ketones (excluding diaryl/α,β-unsaturated/α-hetero) is 2. The third-order valence-electron chi connectivity index (χ3n) is 18.4. The van der Waals surface area contributed by atoms with Gasteiger partial charge in [0.1, 0.15) is 36.0 Å². The van der Waals surface area contributed by atoms with Gasteiger partial charge in [-0.3, -0.25) is 44.2 Å². The number of piperidine rings is 2. The van der Waals surface area contributed by atoms with E-state index in [1.54, 1.807) is 76.7 Å². The first-order valence-corrected chi connectivity index (χ1v) is 40.2. The van der Waals surface area contributed by atoms with Crippen molar-refractivity contribution >= 4 is 69.7 Å². The van der Waals surface area contributed by atoms with Crippen LogP contribution in [0.4, 0.5) is 0 Å². The van der Waals surface area contributed by atoms with E-state index in [2.05, 4.69) is 111 Å². The van der Waals surface area contributed by atoms with Crippen LogP contribution in [0.15, 0.2) is 123 Å². The molecular formula is C77H124N2O16Si2. The first kappa shape index (κ1) is 90.7. The molecule has 2 aliphatic rings. The van der Waals surface area contributed by atoms with E-state index in [1.807, 2.05) is 45.9 Å². The zero-order chi connectivity index (χ0) is 74.4. The van der Waals surface area contributed by atoms with Crippen molar-refractivity contribution in [2.45, 2.75) is 259 Å². The lowest BCUT2D eigenvalue weighted by Crippen LogP contribution is -2.49. The van der Waals surface area contributed by atoms with Crippen LogP contribution in [0.5, 0.6) is 0 Å². The Hall–Kier alpha value is -6.30. The number of ketones is 2. The quantitative estimate of drug-likeness (QED) is 0.0128. The fraction of sp³-hybridized carbons (Fsp3) is 0.623. The standard InChI is InChI=1S/2C35H57NO7Si.C7H10O2/c2*1-12-14-15-16-20-32(40)42-33(26(5)28(37)19-17-18-27-22-30(38)36-31(39)23-27)24(3)21-25(4)34(29(13-2)41-9)43-44(10,11)35(6,7)8;1-2-3-4-5-6-7(8)9/h12-13,16,20-21,25-27,29,33-34H,1-2,14-15,17-19,22-23H2,3-11H3,(H,36,38,39);12-13,15-16,21,25-27,29,33-34H,1-2,14,17-20,22-23H2,3-11H3,(H,36,38,39);2,5-6H,1,3-4H2,(H,8,9)/b20-16+,24-21-;16-15?,24-21-;6-5+/t2*25-,26-,29+,33+,34+;/m11./s1. The Bertz CT molecular complexity index is 2730. The topological polar surface area (TPSA) is 253 Å². The summed E-state index contributed by atoms with van der Waals surface area (Å²) in [6, 6.07) is 0. The highest BCUT2D eigenvalue weighted by Crippen LogP contribution is 2.41. The molecule has 0 aromatic heterocycles. The van der Waals surface area contributed by atoms with Crippen LogP contribution in [-0.4, -0.2) is 126 Å². The minimum Gasteiger partial charge on any atom is -0.478 e. The minimum absolute atomic E-state index is 0.0178. The van der Waals surface area contributed by atoms with Crippen molar-refractivity contribution in [3.63, 3.8) is 0 Å². The molecule has 20 heteroatoms. The maximum absolute atomic E-state index is 13.4. The predicted molar refractivity (Wildman–Crippen MR) is 393 cm³/mol. The summed E-state index contributed by atoms with van der Waals surface area (Å²) in [6.07, 6.45) is 27.2. The summed E-state index contributed by atoms with van der Waals surface area (Å²) in [7, 11) is -1.10. The maximum Gasteiger partial charge on any atom is 0.331 e. The predicted octanol–water partition coefficient (Wildman–Crippen LogP) is 15.6. The number of unbranched alkanes of at least 4 members (excludes halogenated alkanes) is 2. The average Bonchev–Trinajstić information content (AvgIpc) is 0.819. The molecule has 2 rings (SSSR count). The lowest BCUT2D eigenvalue weighted by atomic mass is 9.86. The largest absolute Gasteiger partial charge is 0.478 e. The zero-order valence-corrected chi connectivity index (χ0v) is 64.4. The Morgan fingerprint density at radius 2 is 0.928 bits per heavy atom. The lowest BCUT2D eigenvalue weighted by Gasteiger charge is -2.42. The van der Waals surface area contributed by atoms with Gasteiger partial charge in [0.05, 0.1) is 30.5 Å². The molecule has 97 heavy (non-hydrogen) atoms. The summed E-state index contributed by atoms with van der Waals surface area (Å²) in [6.45, 7) is 52.1. The Morgan fingerprint density at radius 1 is 0.557 bits per heavy atom. The first-order chi connectivity index (χ1) is 45.2. The number of amides is 4. The van der Waals surface area contributed by atoms with E-state index in [9.17, 15) is 43.2 Å². The zero-order valence-electron chi connectivity index (χ0n) is 62.4. The summed E-state index contributed by atoms with van der Waals surface area (Å²) in [4.78, 5) is 109. The SMILES string of the molecule is C=CCC/C=C/C(=O)O.C=CCC/C=C/C(=O)O[C@@H](/C(C)=C\[C@@H](C)[C@H](O[Si](C)(C)C(C)(C)C)[C@H](C=C)OC)[C@H](C)C(=O)CCCC1CC(=O)NC(=O)C1.C=CCC=CCC(=O)O[C@@H](/C(C)=C\[C@@H](C)[C@H](O[Si](C)(C)C(C)(C)C)[C@H](C=C)OC)[C@H](C)C(=O)CCCC1CC(=O)NC(=O)C1. The van der Waals surface area contributed by atoms with E-state index in [1.165, 1.54) is 6.08 Å². The molecule has 0 saturated carbocycles. The number of allylic oxidation sites excluding steroid dienone is 6. The molecule has 0 aromatic carbocycles. The maximum atomic E-state index is 13.4. The Labute approximate surface area is 585 Å². The van der Waals surface area contributed by atoms with Crippen molar-refractivity contribution in [3.05, 3.63) is 123 Å². The van der Waals surface area contributed by atoms with Gasteiger partial charge in [0.15, 0.2) is 16.6 Å². The average molecular weight is 1390 g/mol. The van der Waals surface area contributed by atoms with Crippen molar-refractivity contribution in [2.75, 3.05) is 14.2 Å². The van der Waals surface area contributed by atoms with Crippen LogP contribution in [0.25, 0.3) is 0 Å². The molecule has 0 spiro atoms. The van der Waals surface area contributed by atoms with Gasteiger partial charge in [-0.05, 0) is 131 Å². The number of esters is 2. The van der Waals surface area contributed by atoms with Crippen LogP contribution < -0.4 is 10.6 Å². The molecule has 18 nitrogen and oxygen atoms in total. The Kier molecular flexibility index (Phi) is 43.1. The van der Waals surface area contributed by atoms with Gasteiger partial charge in [-0.25, -0.2) is 9.59 Å². The van der Waals surface area contributed by atoms with E-state index >= 15 is 0 Å². The molecule has 2 fully saturated rings. The number of ether oxygens (including phenoxy) is 4. The van der Waals surface area contributed by atoms with E-state index in [4.69, 9.17) is 32.9 Å². The van der Waals surface area contributed by atoms with Gasteiger partial charge in [0, 0.05) is 76.7 Å². The summed E-state index contributed by atoms with van der Waals surface area (Å²) in [5.74, 6) is -4.56. The molecular weight excluding hydrogens is 1270 g/mol. The van der Waals surface area contributed by atoms with Crippen molar-refractivity contribution in [3.8, 4) is 0 Å². The van der Waals surface area contributed by atoms with Gasteiger partial charge in [0.25, 0.3) is 0 Å². The van der Waals surface area contributed by atoms with Crippen LogP contribution >= 0.6 is 0 Å². The summed E-state index contributed by atoms with van der Waals surface area (Å²) in [5.41, 5.74) is 1.52. The molecule has 2 aliphatic heterocycles. The van der Waals surface area contributed by atoms with Crippen molar-refractivity contribution in [1.82, 2.24) is 10.6 Å². The highest BCUT2D eigenvalue weighted by Gasteiger charge is 2.44. The van der Waals surface area contributed by atoms with Crippen LogP contribution in [0, 0.1) is 35.5 Å².